The van der Waals surface area contributed by atoms with Crippen LogP contribution in [0.3, 0.4) is 0 Å². The van der Waals surface area contributed by atoms with Gasteiger partial charge in [0.25, 0.3) is 30.4 Å². The summed E-state index contributed by atoms with van der Waals surface area (Å²) < 4.78 is 110. The van der Waals surface area contributed by atoms with E-state index in [1.165, 1.54) is 36.4 Å². The van der Waals surface area contributed by atoms with Gasteiger partial charge in [0.1, 0.15) is 16.3 Å². The fourth-order valence-electron chi connectivity index (χ4n) is 3.60. The Morgan fingerprint density at radius 1 is 0.760 bits per heavy atom. The standard InChI is InChI=1S/C24H22FN11O10S3.Na/c25-21-30-23(27-9-10-47(38,39)40)32-24(31-21)28-14-3-7-17(19(11-14)29-22(26)37)35-36-18-8-4-15(12-20(18)49(44,45)46)34-33-13-1-5-16(6-2-13)48(41,42)43;/h1-8,11-12H,9-10H2,(H3,26,29,37)(H,38,39,40)(H,41,42,43)(H,44,45,46)(H2,27,28,30,31,32);. The number of halogens is 1. The van der Waals surface area contributed by atoms with Gasteiger partial charge in [-0.05, 0) is 60.7 Å². The smallest absolute Gasteiger partial charge is 0.316 e. The van der Waals surface area contributed by atoms with Crippen molar-refractivity contribution in [3.63, 3.8) is 0 Å². The molecule has 0 bridgehead atoms. The molecule has 1 aromatic heterocycles. The van der Waals surface area contributed by atoms with Gasteiger partial charge in [0.15, 0.2) is 0 Å². The molecular weight excluding hydrogens is 741 g/mol. The molecule has 0 saturated heterocycles. The molecule has 0 aliphatic heterocycles. The number of aromatic nitrogens is 3. The van der Waals surface area contributed by atoms with Gasteiger partial charge in [0.2, 0.25) is 11.9 Å². The number of carbonyl (C=O) groups excluding carboxylic acids is 1. The fraction of sp³-hybridized carbons (Fsp3) is 0.0833. The average Bonchev–Trinajstić information content (AvgIpc) is 2.98. The zero-order valence-electron chi connectivity index (χ0n) is 25.2. The van der Waals surface area contributed by atoms with Crippen molar-refractivity contribution in [1.82, 2.24) is 15.0 Å². The molecular formula is C24H22FN11NaO10S3. The van der Waals surface area contributed by atoms with Gasteiger partial charge in [-0.1, -0.05) is 0 Å². The van der Waals surface area contributed by atoms with E-state index >= 15 is 0 Å². The molecule has 0 aliphatic carbocycles. The summed E-state index contributed by atoms with van der Waals surface area (Å²) in [5.74, 6) is -1.43. The maximum Gasteiger partial charge on any atom is 0.316 e. The van der Waals surface area contributed by atoms with Crippen molar-refractivity contribution in [3.05, 3.63) is 66.7 Å². The number of nitrogens with one attached hydrogen (secondary N) is 3. The molecule has 0 saturated carbocycles. The second-order valence-corrected chi connectivity index (χ2v) is 13.7. The van der Waals surface area contributed by atoms with Gasteiger partial charge in [-0.2, -0.15) is 54.8 Å². The Hall–Kier alpha value is -4.60. The van der Waals surface area contributed by atoms with Crippen LogP contribution in [0.2, 0.25) is 0 Å². The topological polar surface area (TPSA) is 330 Å². The summed E-state index contributed by atoms with van der Waals surface area (Å²) in [7, 11) is -13.6. The predicted octanol–water partition coefficient (Wildman–Crippen LogP) is 3.49. The van der Waals surface area contributed by atoms with Gasteiger partial charge in [-0.25, -0.2) is 4.79 Å². The molecule has 4 aromatic rings. The number of nitrogens with zero attached hydrogens (tertiary/aromatic N) is 7. The average molecular weight is 763 g/mol. The van der Waals surface area contributed by atoms with Gasteiger partial charge < -0.3 is 21.7 Å². The number of nitrogens with two attached hydrogens (primary N) is 1. The quantitative estimate of drug-likeness (QED) is 0.0582. The van der Waals surface area contributed by atoms with Gasteiger partial charge >= 0.3 is 12.1 Å². The third-order valence-corrected chi connectivity index (χ3v) is 8.13. The number of anilines is 4. The van der Waals surface area contributed by atoms with Crippen molar-refractivity contribution < 1.29 is 48.1 Å². The summed E-state index contributed by atoms with van der Waals surface area (Å²) in [6.45, 7) is -0.351. The summed E-state index contributed by atoms with van der Waals surface area (Å²) in [4.78, 5) is 21.3. The number of primary amides is 1. The van der Waals surface area contributed by atoms with Crippen LogP contribution in [0.25, 0.3) is 0 Å². The zero-order valence-corrected chi connectivity index (χ0v) is 29.6. The van der Waals surface area contributed by atoms with E-state index in [0.717, 1.165) is 24.3 Å². The van der Waals surface area contributed by atoms with Crippen LogP contribution in [0.15, 0.2) is 90.9 Å². The molecule has 26 heteroatoms. The Bertz CT molecular complexity index is 2300. The third-order valence-electron chi connectivity index (χ3n) is 5.66. The van der Waals surface area contributed by atoms with E-state index in [9.17, 15) is 39.0 Å². The van der Waals surface area contributed by atoms with Gasteiger partial charge in [-0.15, -0.1) is 10.2 Å². The van der Waals surface area contributed by atoms with E-state index in [1.807, 2.05) is 0 Å². The second kappa shape index (κ2) is 16.4. The van der Waals surface area contributed by atoms with Crippen LogP contribution in [0.4, 0.5) is 55.2 Å². The van der Waals surface area contributed by atoms with Gasteiger partial charge in [0, 0.05) is 41.8 Å². The van der Waals surface area contributed by atoms with Crippen LogP contribution in [0, 0.1) is 6.08 Å². The zero-order chi connectivity index (χ0) is 36.0. The number of rotatable bonds is 13. The van der Waals surface area contributed by atoms with E-state index in [2.05, 4.69) is 51.4 Å². The molecule has 0 fully saturated rings. The molecule has 4 rings (SSSR count). The van der Waals surface area contributed by atoms with E-state index in [1.54, 1.807) is 0 Å². The molecule has 0 spiro atoms. The first-order valence-electron chi connectivity index (χ1n) is 13.0. The minimum absolute atomic E-state index is 0. The number of benzene rings is 3. The van der Waals surface area contributed by atoms with E-state index < -0.39 is 53.1 Å². The summed E-state index contributed by atoms with van der Waals surface area (Å²) in [6.07, 6.45) is -1.25. The van der Waals surface area contributed by atoms with E-state index in [-0.39, 0.29) is 87.0 Å². The normalized spacial score (nSPS) is 12.1. The molecule has 0 aliphatic rings. The SMILES string of the molecule is NC(=O)Nc1cc(Nc2nc(F)nc(NCCS(=O)(=O)O)n2)ccc1N=Nc1ccc(N=Nc2ccc(S(=O)(=O)O)cc2)cc1S(=O)(=O)O.[Na]. The van der Waals surface area contributed by atoms with Crippen molar-refractivity contribution in [1.29, 1.82) is 0 Å². The number of urea groups is 1. The number of hydrogen-bond acceptors (Lipinski definition) is 16. The van der Waals surface area contributed by atoms with Crippen LogP contribution in [0.1, 0.15) is 0 Å². The Kier molecular flexibility index (Phi) is 13.1. The van der Waals surface area contributed by atoms with Crippen LogP contribution in [0.5, 0.6) is 0 Å². The third kappa shape index (κ3) is 12.1. The van der Waals surface area contributed by atoms with Crippen molar-refractivity contribution in [3.8, 4) is 0 Å². The van der Waals surface area contributed by atoms with Crippen molar-refractivity contribution in [2.24, 2.45) is 26.2 Å². The first kappa shape index (κ1) is 39.8. The summed E-state index contributed by atoms with van der Waals surface area (Å²) in [5, 5.41) is 22.8. The van der Waals surface area contributed by atoms with Gasteiger partial charge in [-0.3, -0.25) is 13.7 Å². The predicted molar refractivity (Wildman–Crippen MR) is 174 cm³/mol. The van der Waals surface area contributed by atoms with Gasteiger partial charge in [0.05, 0.1) is 27.7 Å². The molecule has 21 nitrogen and oxygen atoms in total. The number of azo groups is 2. The summed E-state index contributed by atoms with van der Waals surface area (Å²) in [5.41, 5.74) is 4.95. The van der Waals surface area contributed by atoms with E-state index in [4.69, 9.17) is 14.8 Å². The molecule has 1 radical (unpaired) electrons. The van der Waals surface area contributed by atoms with Crippen LogP contribution in [-0.2, 0) is 30.4 Å². The number of amides is 2. The van der Waals surface area contributed by atoms with Crippen molar-refractivity contribution >= 4 is 112 Å². The summed E-state index contributed by atoms with van der Waals surface area (Å²) >= 11 is 0. The van der Waals surface area contributed by atoms with E-state index in [0.29, 0.717) is 0 Å². The molecule has 2 amide bonds. The molecule has 3 aromatic carbocycles. The Morgan fingerprint density at radius 2 is 1.36 bits per heavy atom. The summed E-state index contributed by atoms with van der Waals surface area (Å²) in [6, 6.07) is 10.8. The molecule has 1 heterocycles. The second-order valence-electron chi connectivity index (χ2n) is 9.31. The molecule has 8 N–H and O–H groups in total. The first-order valence-corrected chi connectivity index (χ1v) is 17.5. The maximum absolute atomic E-state index is 14.0. The molecule has 0 unspecified atom stereocenters. The van der Waals surface area contributed by atoms with Crippen molar-refractivity contribution in [2.75, 3.05) is 28.2 Å². The monoisotopic (exact) mass is 762 g/mol. The Labute approximate surface area is 304 Å². The fourth-order valence-corrected chi connectivity index (χ4v) is 5.08. The maximum atomic E-state index is 14.0. The number of carbonyl (C=O) groups is 1. The van der Waals surface area contributed by atoms with Crippen LogP contribution in [-0.4, -0.2) is 102 Å². The minimum atomic E-state index is -4.90. The van der Waals surface area contributed by atoms with Crippen LogP contribution < -0.4 is 21.7 Å². The number of hydrogen-bond donors (Lipinski definition) is 7. The first-order chi connectivity index (χ1) is 22.9. The van der Waals surface area contributed by atoms with Crippen LogP contribution >= 0.6 is 0 Å². The largest absolute Gasteiger partial charge is 0.353 e. The Morgan fingerprint density at radius 3 is 1.98 bits per heavy atom. The minimum Gasteiger partial charge on any atom is -0.353 e. The molecule has 50 heavy (non-hydrogen) atoms. The molecule has 0 atom stereocenters. The van der Waals surface area contributed by atoms with Crippen molar-refractivity contribution in [2.45, 2.75) is 9.79 Å². The molecule has 259 valence electrons. The Balaban J connectivity index is 0.00000676.